The zero-order chi connectivity index (χ0) is 7.56. The monoisotopic (exact) mass is 216 g/mol. The molecular weight excluding hydrogens is 207 g/mol. The molecule has 0 aliphatic carbocycles. The average Bonchev–Trinajstić information content (AvgIpc) is 1.94. The molecule has 0 saturated carbocycles. The van der Waals surface area contributed by atoms with Gasteiger partial charge in [0.05, 0.1) is 0 Å². The third-order valence-corrected chi connectivity index (χ3v) is 3.51. The maximum absolute atomic E-state index is 9.06. The van der Waals surface area contributed by atoms with Gasteiger partial charge >= 0.3 is 73.2 Å². The number of rotatable bonds is 1. The van der Waals surface area contributed by atoms with Crippen molar-refractivity contribution in [3.8, 4) is 5.75 Å². The normalized spacial score (nSPS) is 9.80. The van der Waals surface area contributed by atoms with Gasteiger partial charge in [0.1, 0.15) is 0 Å². The summed E-state index contributed by atoms with van der Waals surface area (Å²) >= 11 is 3.26. The van der Waals surface area contributed by atoms with Crippen LogP contribution in [0.15, 0.2) is 23.1 Å². The van der Waals surface area contributed by atoms with E-state index in [0.717, 1.165) is 0 Å². The van der Waals surface area contributed by atoms with Crippen molar-refractivity contribution in [3.05, 3.63) is 18.2 Å². The third kappa shape index (κ3) is 1.71. The summed E-state index contributed by atoms with van der Waals surface area (Å²) in [7, 11) is 0. The first-order valence-corrected chi connectivity index (χ1v) is 5.30. The van der Waals surface area contributed by atoms with E-state index in [9.17, 15) is 0 Å². The van der Waals surface area contributed by atoms with Crippen molar-refractivity contribution in [1.29, 1.82) is 0 Å². The molecule has 1 rings (SSSR count). The summed E-state index contributed by atoms with van der Waals surface area (Å²) in [4.78, 5) is 1.17. The van der Waals surface area contributed by atoms with Crippen LogP contribution in [0.2, 0.25) is 0 Å². The number of phenolic OH excluding ortho intramolecular Hbond substituents is 1. The summed E-state index contributed by atoms with van der Waals surface area (Å²) in [5.74, 6) is 0.353. The van der Waals surface area contributed by atoms with E-state index in [0.29, 0.717) is 5.75 Å². The first-order chi connectivity index (χ1) is 4.74. The molecule has 0 radical (unpaired) electrons. The standard InChI is InChI=1S/C7H9AsOS/c1-10-7-4-5(9)2-3-6(7)8/h2-4,9H,8H2,1H3. The maximum atomic E-state index is 9.06. The van der Waals surface area contributed by atoms with E-state index >= 15 is 0 Å². The van der Waals surface area contributed by atoms with Gasteiger partial charge in [-0.05, 0) is 0 Å². The second kappa shape index (κ2) is 3.36. The number of hydrogen-bond acceptors (Lipinski definition) is 2. The Kier molecular flexibility index (Phi) is 2.70. The van der Waals surface area contributed by atoms with Gasteiger partial charge in [-0.3, -0.25) is 0 Å². The van der Waals surface area contributed by atoms with E-state index in [1.165, 1.54) is 9.25 Å². The molecule has 1 atom stereocenters. The fraction of sp³-hybridized carbons (Fsp3) is 0.143. The van der Waals surface area contributed by atoms with Gasteiger partial charge < -0.3 is 0 Å². The van der Waals surface area contributed by atoms with Crippen molar-refractivity contribution in [2.45, 2.75) is 4.90 Å². The molecule has 1 aromatic rings. The molecule has 54 valence electrons. The molecular formula is C7H9AsOS. The molecule has 1 nitrogen and oxygen atoms in total. The predicted molar refractivity (Wildman–Crippen MR) is 48.1 cm³/mol. The van der Waals surface area contributed by atoms with Crippen molar-refractivity contribution >= 4 is 33.0 Å². The van der Waals surface area contributed by atoms with Crippen LogP contribution in [0.1, 0.15) is 0 Å². The topological polar surface area (TPSA) is 20.2 Å². The number of phenols is 1. The molecule has 0 bridgehead atoms. The molecule has 0 heterocycles. The van der Waals surface area contributed by atoms with Crippen molar-refractivity contribution < 1.29 is 5.11 Å². The molecule has 3 heteroatoms. The van der Waals surface area contributed by atoms with Crippen LogP contribution in [0.4, 0.5) is 0 Å². The summed E-state index contributed by atoms with van der Waals surface area (Å²) in [5, 5.41) is 9.06. The van der Waals surface area contributed by atoms with E-state index < -0.39 is 0 Å². The molecule has 1 unspecified atom stereocenters. The fourth-order valence-corrected chi connectivity index (χ4v) is 2.36. The van der Waals surface area contributed by atoms with Crippen LogP contribution in [0.25, 0.3) is 0 Å². The van der Waals surface area contributed by atoms with Crippen LogP contribution in [0.5, 0.6) is 5.75 Å². The Morgan fingerprint density at radius 1 is 1.50 bits per heavy atom. The van der Waals surface area contributed by atoms with Gasteiger partial charge in [-0.25, -0.2) is 0 Å². The second-order valence-electron chi connectivity index (χ2n) is 1.93. The van der Waals surface area contributed by atoms with Crippen molar-refractivity contribution in [2.75, 3.05) is 6.26 Å². The zero-order valence-electron chi connectivity index (χ0n) is 5.66. The van der Waals surface area contributed by atoms with Crippen LogP contribution in [0.3, 0.4) is 0 Å². The molecule has 0 aliphatic rings. The summed E-state index contributed by atoms with van der Waals surface area (Å²) in [5.41, 5.74) is 0. The van der Waals surface area contributed by atoms with Crippen LogP contribution in [-0.2, 0) is 0 Å². The SMILES string of the molecule is CSc1cc(O)ccc1[AsH2]. The summed E-state index contributed by atoms with van der Waals surface area (Å²) in [6, 6.07) is 5.46. The van der Waals surface area contributed by atoms with E-state index in [1.807, 2.05) is 12.3 Å². The fourth-order valence-electron chi connectivity index (χ4n) is 0.700. The quantitative estimate of drug-likeness (QED) is 0.540. The minimum atomic E-state index is 0.353. The Balaban J connectivity index is 3.09. The van der Waals surface area contributed by atoms with Crippen LogP contribution >= 0.6 is 11.8 Å². The summed E-state index contributed by atoms with van der Waals surface area (Å²) < 4.78 is 1.28. The Labute approximate surface area is 73.3 Å². The molecule has 0 fully saturated rings. The van der Waals surface area contributed by atoms with E-state index in [2.05, 4.69) is 0 Å². The van der Waals surface area contributed by atoms with E-state index in [1.54, 1.807) is 40.7 Å². The van der Waals surface area contributed by atoms with Crippen LogP contribution in [-0.4, -0.2) is 28.2 Å². The van der Waals surface area contributed by atoms with E-state index in [4.69, 9.17) is 5.11 Å². The van der Waals surface area contributed by atoms with E-state index in [-0.39, 0.29) is 0 Å². The Morgan fingerprint density at radius 3 is 2.70 bits per heavy atom. The van der Waals surface area contributed by atoms with Gasteiger partial charge in [-0.15, -0.1) is 0 Å². The molecule has 0 spiro atoms. The predicted octanol–water partition coefficient (Wildman–Crippen LogP) is 0.372. The first-order valence-electron chi connectivity index (χ1n) is 2.86. The molecule has 0 saturated heterocycles. The molecule has 0 aliphatic heterocycles. The first kappa shape index (κ1) is 8.03. The van der Waals surface area contributed by atoms with Crippen LogP contribution in [0, 0.1) is 0 Å². The van der Waals surface area contributed by atoms with Gasteiger partial charge in [0.25, 0.3) is 0 Å². The molecule has 1 N–H and O–H groups in total. The molecule has 1 aromatic carbocycles. The molecule has 10 heavy (non-hydrogen) atoms. The van der Waals surface area contributed by atoms with Gasteiger partial charge in [0, 0.05) is 0 Å². The summed E-state index contributed by atoms with van der Waals surface area (Å²) in [6.07, 6.45) is 2.01. The number of hydrogen-bond donors (Lipinski definition) is 1. The van der Waals surface area contributed by atoms with Crippen molar-refractivity contribution in [3.63, 3.8) is 0 Å². The van der Waals surface area contributed by atoms with Gasteiger partial charge in [-0.1, -0.05) is 0 Å². The Bertz CT molecular complexity index is 237. The number of benzene rings is 1. The third-order valence-electron chi connectivity index (χ3n) is 1.22. The minimum absolute atomic E-state index is 0.353. The van der Waals surface area contributed by atoms with Gasteiger partial charge in [-0.2, -0.15) is 0 Å². The Hall–Kier alpha value is -0.0716. The number of aromatic hydroxyl groups is 1. The van der Waals surface area contributed by atoms with Gasteiger partial charge in [0.15, 0.2) is 0 Å². The second-order valence-corrected chi connectivity index (χ2v) is 4.08. The summed E-state index contributed by atoms with van der Waals surface area (Å²) in [6.45, 7) is 0. The molecule has 0 aromatic heterocycles. The average molecular weight is 216 g/mol. The van der Waals surface area contributed by atoms with Crippen molar-refractivity contribution in [1.82, 2.24) is 0 Å². The van der Waals surface area contributed by atoms with Crippen LogP contribution < -0.4 is 4.35 Å². The zero-order valence-corrected chi connectivity index (χ0v) is 8.90. The van der Waals surface area contributed by atoms with Gasteiger partial charge in [0.2, 0.25) is 0 Å². The van der Waals surface area contributed by atoms with Crippen molar-refractivity contribution in [2.24, 2.45) is 0 Å². The Morgan fingerprint density at radius 2 is 2.20 bits per heavy atom. The number of thioether (sulfide) groups is 1. The molecule has 0 amide bonds.